The van der Waals surface area contributed by atoms with Crippen molar-refractivity contribution >= 4 is 5.57 Å². The molecule has 1 aromatic rings. The molecule has 4 heteroatoms. The van der Waals surface area contributed by atoms with Crippen LogP contribution in [0.1, 0.15) is 31.7 Å². The van der Waals surface area contributed by atoms with Crippen LogP contribution in [0.5, 0.6) is 0 Å². The maximum absolute atomic E-state index is 13.2. The highest BCUT2D eigenvalue weighted by molar-refractivity contribution is 5.74. The Bertz CT molecular complexity index is 482. The fourth-order valence-electron chi connectivity index (χ4n) is 2.36. The van der Waals surface area contributed by atoms with Gasteiger partial charge in [0.2, 0.25) is 0 Å². The quantitative estimate of drug-likeness (QED) is 0.729. The Balaban J connectivity index is 2.48. The summed E-state index contributed by atoms with van der Waals surface area (Å²) in [6.45, 7) is 1.99. The molecule has 90 valence electrons. The Labute approximate surface area is 98.3 Å². The van der Waals surface area contributed by atoms with E-state index in [1.165, 1.54) is 6.07 Å². The highest BCUT2D eigenvalue weighted by Gasteiger charge is 2.27. The van der Waals surface area contributed by atoms with Gasteiger partial charge in [-0.2, -0.15) is 4.91 Å². The van der Waals surface area contributed by atoms with Gasteiger partial charge in [0.1, 0.15) is 6.04 Å². The van der Waals surface area contributed by atoms with E-state index in [0.29, 0.717) is 12.0 Å². The van der Waals surface area contributed by atoms with Gasteiger partial charge in [-0.05, 0) is 42.5 Å². The van der Waals surface area contributed by atoms with Crippen LogP contribution in [-0.2, 0) is 0 Å². The van der Waals surface area contributed by atoms with Gasteiger partial charge in [-0.25, -0.2) is 8.78 Å². The molecule has 2 nitrogen and oxygen atoms in total. The summed E-state index contributed by atoms with van der Waals surface area (Å²) in [5.74, 6) is -1.76. The van der Waals surface area contributed by atoms with Gasteiger partial charge in [0.25, 0.3) is 0 Å². The average Bonchev–Trinajstić information content (AvgIpc) is 2.75. The van der Waals surface area contributed by atoms with Gasteiger partial charge in [-0.15, -0.1) is 0 Å². The molecular weight excluding hydrogens is 224 g/mol. The van der Waals surface area contributed by atoms with Gasteiger partial charge < -0.3 is 0 Å². The zero-order valence-electron chi connectivity index (χ0n) is 9.54. The summed E-state index contributed by atoms with van der Waals surface area (Å²) in [5, 5.41) is 3.07. The normalized spacial score (nSPS) is 19.8. The lowest BCUT2D eigenvalue weighted by Gasteiger charge is -2.10. The van der Waals surface area contributed by atoms with Gasteiger partial charge in [0, 0.05) is 0 Å². The molecule has 0 saturated heterocycles. The van der Waals surface area contributed by atoms with Crippen LogP contribution in [0.4, 0.5) is 8.78 Å². The Morgan fingerprint density at radius 3 is 2.71 bits per heavy atom. The highest BCUT2D eigenvalue weighted by atomic mass is 19.2. The van der Waals surface area contributed by atoms with Crippen molar-refractivity contribution in [2.75, 3.05) is 0 Å². The molecule has 2 rings (SSSR count). The molecule has 0 N–H and O–H groups in total. The van der Waals surface area contributed by atoms with Crippen molar-refractivity contribution in [3.63, 3.8) is 0 Å². The van der Waals surface area contributed by atoms with Crippen LogP contribution in [0.2, 0.25) is 0 Å². The molecule has 0 radical (unpaired) electrons. The molecule has 0 bridgehead atoms. The average molecular weight is 237 g/mol. The molecule has 0 heterocycles. The second-order valence-electron chi connectivity index (χ2n) is 4.16. The number of hydrogen-bond donors (Lipinski definition) is 0. The first-order valence-electron chi connectivity index (χ1n) is 5.67. The zero-order chi connectivity index (χ0) is 12.4. The van der Waals surface area contributed by atoms with E-state index in [9.17, 15) is 13.7 Å². The Morgan fingerprint density at radius 1 is 1.35 bits per heavy atom. The number of nitrogens with zero attached hydrogens (tertiary/aromatic N) is 1. The lowest BCUT2D eigenvalue weighted by Crippen LogP contribution is -2.02. The first kappa shape index (κ1) is 11.9. The van der Waals surface area contributed by atoms with E-state index in [2.05, 4.69) is 5.18 Å². The monoisotopic (exact) mass is 237 g/mol. The van der Waals surface area contributed by atoms with Crippen LogP contribution < -0.4 is 0 Å². The maximum Gasteiger partial charge on any atom is 0.159 e. The van der Waals surface area contributed by atoms with E-state index in [-0.39, 0.29) is 0 Å². The third kappa shape index (κ3) is 2.12. The summed E-state index contributed by atoms with van der Waals surface area (Å²) >= 11 is 0. The third-order valence-electron chi connectivity index (χ3n) is 3.22. The predicted molar refractivity (Wildman–Crippen MR) is 62.4 cm³/mol. The molecule has 1 aromatic carbocycles. The van der Waals surface area contributed by atoms with Crippen LogP contribution in [0.15, 0.2) is 28.9 Å². The molecule has 17 heavy (non-hydrogen) atoms. The molecule has 0 saturated carbocycles. The van der Waals surface area contributed by atoms with Crippen LogP contribution in [0.25, 0.3) is 5.57 Å². The largest absolute Gasteiger partial charge is 0.204 e. The van der Waals surface area contributed by atoms with Crippen molar-refractivity contribution in [3.05, 3.63) is 45.9 Å². The first-order valence-corrected chi connectivity index (χ1v) is 5.67. The Hall–Kier alpha value is -1.58. The minimum atomic E-state index is -0.887. The summed E-state index contributed by atoms with van der Waals surface area (Å²) < 4.78 is 26.1. The second kappa shape index (κ2) is 4.73. The molecule has 1 aliphatic rings. The van der Waals surface area contributed by atoms with Crippen molar-refractivity contribution in [3.8, 4) is 0 Å². The number of allylic oxidation sites excluding steroid dienone is 1. The lowest BCUT2D eigenvalue weighted by molar-refractivity contribution is 0.508. The van der Waals surface area contributed by atoms with E-state index in [0.717, 1.165) is 36.1 Å². The standard InChI is InChI=1S/C13H13F2NO/c1-2-8-4-6-12(16-17)13(8)9-3-5-10(14)11(15)7-9/h3,5,7,12H,2,4,6H2,1H3. The van der Waals surface area contributed by atoms with E-state index in [1.54, 1.807) is 0 Å². The van der Waals surface area contributed by atoms with Gasteiger partial charge >= 0.3 is 0 Å². The number of halogens is 2. The summed E-state index contributed by atoms with van der Waals surface area (Å²) in [6.07, 6.45) is 2.28. The van der Waals surface area contributed by atoms with E-state index in [1.807, 2.05) is 6.92 Å². The van der Waals surface area contributed by atoms with Crippen LogP contribution >= 0.6 is 0 Å². The van der Waals surface area contributed by atoms with E-state index < -0.39 is 17.7 Å². The molecule has 0 fully saturated rings. The van der Waals surface area contributed by atoms with Crippen molar-refractivity contribution in [2.45, 2.75) is 32.2 Å². The van der Waals surface area contributed by atoms with Crippen molar-refractivity contribution < 1.29 is 8.78 Å². The predicted octanol–water partition coefficient (Wildman–Crippen LogP) is 4.06. The highest BCUT2D eigenvalue weighted by Crippen LogP contribution is 2.37. The molecule has 0 aliphatic heterocycles. The second-order valence-corrected chi connectivity index (χ2v) is 4.16. The number of rotatable bonds is 3. The molecule has 1 aliphatic carbocycles. The number of benzene rings is 1. The topological polar surface area (TPSA) is 29.4 Å². The zero-order valence-corrected chi connectivity index (χ0v) is 9.54. The number of nitroso groups, excluding NO2 is 1. The minimum Gasteiger partial charge on any atom is -0.204 e. The molecular formula is C13H13F2NO. The molecule has 0 aromatic heterocycles. The van der Waals surface area contributed by atoms with E-state index in [4.69, 9.17) is 0 Å². The van der Waals surface area contributed by atoms with Crippen molar-refractivity contribution in [2.24, 2.45) is 5.18 Å². The minimum absolute atomic E-state index is 0.421. The van der Waals surface area contributed by atoms with E-state index >= 15 is 0 Å². The molecule has 1 atom stereocenters. The molecule has 1 unspecified atom stereocenters. The van der Waals surface area contributed by atoms with Crippen LogP contribution in [-0.4, -0.2) is 6.04 Å². The summed E-state index contributed by atoms with van der Waals surface area (Å²) in [6, 6.07) is 3.32. The Morgan fingerprint density at radius 2 is 2.12 bits per heavy atom. The fraction of sp³-hybridized carbons (Fsp3) is 0.385. The molecule has 0 spiro atoms. The van der Waals surface area contributed by atoms with Crippen LogP contribution in [0, 0.1) is 16.5 Å². The summed E-state index contributed by atoms with van der Waals surface area (Å²) in [4.78, 5) is 10.8. The maximum atomic E-state index is 13.2. The van der Waals surface area contributed by atoms with Gasteiger partial charge in [-0.3, -0.25) is 0 Å². The Kier molecular flexibility index (Phi) is 3.31. The molecule has 0 amide bonds. The van der Waals surface area contributed by atoms with Gasteiger partial charge in [0.15, 0.2) is 11.6 Å². The SMILES string of the molecule is CCC1=C(c2ccc(F)c(F)c2)C(N=O)CC1. The number of hydrogen-bond acceptors (Lipinski definition) is 2. The first-order chi connectivity index (χ1) is 8.17. The summed E-state index contributed by atoms with van der Waals surface area (Å²) in [7, 11) is 0. The lowest BCUT2D eigenvalue weighted by atomic mass is 9.98. The van der Waals surface area contributed by atoms with Crippen LogP contribution in [0.3, 0.4) is 0 Å². The smallest absolute Gasteiger partial charge is 0.159 e. The summed E-state index contributed by atoms with van der Waals surface area (Å²) in [5.41, 5.74) is 2.46. The third-order valence-corrected chi connectivity index (χ3v) is 3.22. The van der Waals surface area contributed by atoms with Gasteiger partial charge in [-0.1, -0.05) is 23.7 Å². The van der Waals surface area contributed by atoms with Gasteiger partial charge in [0.05, 0.1) is 0 Å². The fourth-order valence-corrected chi connectivity index (χ4v) is 2.36. The van der Waals surface area contributed by atoms with Crippen molar-refractivity contribution in [1.82, 2.24) is 0 Å². The van der Waals surface area contributed by atoms with Crippen molar-refractivity contribution in [1.29, 1.82) is 0 Å².